The van der Waals surface area contributed by atoms with E-state index < -0.39 is 0 Å². The van der Waals surface area contributed by atoms with E-state index in [0.29, 0.717) is 22.0 Å². The highest BCUT2D eigenvalue weighted by molar-refractivity contribution is 6.30. The number of rotatable bonds is 5. The summed E-state index contributed by atoms with van der Waals surface area (Å²) in [5.74, 6) is 0.280. The van der Waals surface area contributed by atoms with Gasteiger partial charge in [-0.05, 0) is 38.5 Å². The van der Waals surface area contributed by atoms with Crippen molar-refractivity contribution < 1.29 is 14.1 Å². The number of hydrogen-bond donors (Lipinski definition) is 1. The van der Waals surface area contributed by atoms with Crippen LogP contribution in [0.3, 0.4) is 0 Å². The Labute approximate surface area is 134 Å². The van der Waals surface area contributed by atoms with Gasteiger partial charge in [-0.3, -0.25) is 4.79 Å². The van der Waals surface area contributed by atoms with Crippen molar-refractivity contribution in [2.45, 2.75) is 32.9 Å². The average Bonchev–Trinajstić information content (AvgIpc) is 2.81. The molecular formula is C16H19ClN2O3. The number of nitrogens with one attached hydrogen (secondary N) is 1. The normalized spacial score (nSPS) is 13.7. The van der Waals surface area contributed by atoms with Gasteiger partial charge in [0.05, 0.1) is 11.7 Å². The lowest BCUT2D eigenvalue weighted by atomic mass is 10.0. The van der Waals surface area contributed by atoms with Crippen molar-refractivity contribution >= 4 is 17.5 Å². The number of hydrogen-bond acceptors (Lipinski definition) is 4. The molecule has 0 radical (unpaired) electrons. The molecule has 0 aliphatic rings. The summed E-state index contributed by atoms with van der Waals surface area (Å²) < 4.78 is 10.5. The maximum Gasteiger partial charge on any atom is 0.257 e. The van der Waals surface area contributed by atoms with Gasteiger partial charge in [-0.25, -0.2) is 0 Å². The maximum absolute atomic E-state index is 12.4. The Morgan fingerprint density at radius 3 is 2.45 bits per heavy atom. The number of nitrogens with zero attached hydrogens (tertiary/aromatic N) is 1. The number of amides is 1. The number of carbonyl (C=O) groups is 1. The molecule has 5 nitrogen and oxygen atoms in total. The Balaban J connectivity index is 2.14. The van der Waals surface area contributed by atoms with Crippen molar-refractivity contribution in [1.82, 2.24) is 10.5 Å². The van der Waals surface area contributed by atoms with Crippen molar-refractivity contribution in [3.05, 3.63) is 51.9 Å². The summed E-state index contributed by atoms with van der Waals surface area (Å²) in [6.07, 6.45) is -0.276. The van der Waals surface area contributed by atoms with Crippen LogP contribution in [0.1, 0.15) is 40.4 Å². The first kappa shape index (κ1) is 16.5. The molecule has 0 fully saturated rings. The Bertz CT molecular complexity index is 632. The minimum atomic E-state index is -0.276. The third-order valence-electron chi connectivity index (χ3n) is 3.53. The molecule has 118 valence electrons. The first-order chi connectivity index (χ1) is 10.4. The van der Waals surface area contributed by atoms with Crippen LogP contribution < -0.4 is 5.32 Å². The lowest BCUT2D eigenvalue weighted by molar-refractivity contribution is 0.0644. The molecular weight excluding hydrogens is 304 g/mol. The van der Waals surface area contributed by atoms with E-state index >= 15 is 0 Å². The van der Waals surface area contributed by atoms with Crippen LogP contribution in [-0.2, 0) is 4.74 Å². The molecule has 0 aliphatic heterocycles. The van der Waals surface area contributed by atoms with Gasteiger partial charge in [-0.15, -0.1) is 0 Å². The summed E-state index contributed by atoms with van der Waals surface area (Å²) in [6, 6.07) is 7.13. The third-order valence-corrected chi connectivity index (χ3v) is 3.78. The number of methoxy groups -OCH3 is 1. The summed E-state index contributed by atoms with van der Waals surface area (Å²) in [6.45, 7) is 5.34. The highest BCUT2D eigenvalue weighted by atomic mass is 35.5. The summed E-state index contributed by atoms with van der Waals surface area (Å²) >= 11 is 5.90. The second kappa shape index (κ2) is 6.94. The van der Waals surface area contributed by atoms with Crippen molar-refractivity contribution in [3.8, 4) is 0 Å². The highest BCUT2D eigenvalue weighted by Gasteiger charge is 2.24. The largest absolute Gasteiger partial charge is 0.375 e. The van der Waals surface area contributed by atoms with Crippen molar-refractivity contribution in [1.29, 1.82) is 0 Å². The molecule has 0 saturated heterocycles. The molecule has 1 aromatic heterocycles. The molecule has 22 heavy (non-hydrogen) atoms. The fourth-order valence-corrected chi connectivity index (χ4v) is 2.57. The van der Waals surface area contributed by atoms with E-state index in [2.05, 4.69) is 10.5 Å². The van der Waals surface area contributed by atoms with E-state index in [4.69, 9.17) is 20.9 Å². The van der Waals surface area contributed by atoms with Crippen LogP contribution in [0.15, 0.2) is 28.8 Å². The molecule has 0 spiro atoms. The number of aromatic nitrogens is 1. The fourth-order valence-electron chi connectivity index (χ4n) is 2.44. The van der Waals surface area contributed by atoms with Crippen LogP contribution in [0.2, 0.25) is 5.02 Å². The molecule has 1 heterocycles. The van der Waals surface area contributed by atoms with Crippen LogP contribution in [-0.4, -0.2) is 24.2 Å². The molecule has 1 aromatic carbocycles. The number of carbonyl (C=O) groups excluding carboxylic acids is 1. The van der Waals surface area contributed by atoms with Crippen molar-refractivity contribution in [2.24, 2.45) is 0 Å². The van der Waals surface area contributed by atoms with Gasteiger partial charge in [-0.1, -0.05) is 28.9 Å². The van der Waals surface area contributed by atoms with E-state index in [0.717, 1.165) is 5.56 Å². The van der Waals surface area contributed by atoms with Crippen molar-refractivity contribution in [2.75, 3.05) is 7.11 Å². The lowest BCUT2D eigenvalue weighted by Crippen LogP contribution is -2.38. The summed E-state index contributed by atoms with van der Waals surface area (Å²) in [7, 11) is 1.61. The zero-order chi connectivity index (χ0) is 16.3. The van der Waals surface area contributed by atoms with Gasteiger partial charge in [0, 0.05) is 12.1 Å². The van der Waals surface area contributed by atoms with Gasteiger partial charge in [0.15, 0.2) is 0 Å². The Hall–Kier alpha value is -1.85. The molecule has 2 atom stereocenters. The molecule has 0 bridgehead atoms. The second-order valence-electron chi connectivity index (χ2n) is 5.17. The third kappa shape index (κ3) is 3.48. The topological polar surface area (TPSA) is 64.4 Å². The predicted octanol–water partition coefficient (Wildman–Crippen LogP) is 3.45. The summed E-state index contributed by atoms with van der Waals surface area (Å²) in [5, 5.41) is 7.39. The zero-order valence-electron chi connectivity index (χ0n) is 13.0. The minimum absolute atomic E-state index is 0.222. The van der Waals surface area contributed by atoms with Gasteiger partial charge in [0.25, 0.3) is 5.91 Å². The maximum atomic E-state index is 12.4. The molecule has 0 aliphatic carbocycles. The van der Waals surface area contributed by atoms with Gasteiger partial charge < -0.3 is 14.6 Å². The fraction of sp³-hybridized carbons (Fsp3) is 0.375. The zero-order valence-corrected chi connectivity index (χ0v) is 13.8. The first-order valence-corrected chi connectivity index (χ1v) is 7.33. The molecule has 2 rings (SSSR count). The lowest BCUT2D eigenvalue weighted by Gasteiger charge is -2.24. The molecule has 2 aromatic rings. The van der Waals surface area contributed by atoms with Crippen LogP contribution in [0.4, 0.5) is 0 Å². The average molecular weight is 323 g/mol. The molecule has 1 amide bonds. The van der Waals surface area contributed by atoms with Gasteiger partial charge in [0.2, 0.25) is 0 Å². The first-order valence-electron chi connectivity index (χ1n) is 6.96. The summed E-state index contributed by atoms with van der Waals surface area (Å²) in [5.41, 5.74) is 1.99. The van der Waals surface area contributed by atoms with Crippen LogP contribution >= 0.6 is 11.6 Å². The van der Waals surface area contributed by atoms with E-state index in [9.17, 15) is 4.79 Å². The second-order valence-corrected chi connectivity index (χ2v) is 5.61. The monoisotopic (exact) mass is 322 g/mol. The van der Waals surface area contributed by atoms with E-state index in [1.54, 1.807) is 33.1 Å². The van der Waals surface area contributed by atoms with E-state index in [-0.39, 0.29) is 18.1 Å². The molecule has 0 saturated carbocycles. The van der Waals surface area contributed by atoms with Crippen LogP contribution in [0.5, 0.6) is 0 Å². The highest BCUT2D eigenvalue weighted by Crippen LogP contribution is 2.23. The van der Waals surface area contributed by atoms with E-state index in [1.807, 2.05) is 19.1 Å². The Morgan fingerprint density at radius 1 is 1.32 bits per heavy atom. The number of aryl methyl sites for hydroxylation is 2. The molecule has 0 unspecified atom stereocenters. The predicted molar refractivity (Wildman–Crippen MR) is 84.1 cm³/mol. The van der Waals surface area contributed by atoms with Gasteiger partial charge >= 0.3 is 0 Å². The number of halogens is 1. The van der Waals surface area contributed by atoms with Crippen LogP contribution in [0.25, 0.3) is 0 Å². The molecule has 1 N–H and O–H groups in total. The van der Waals surface area contributed by atoms with Crippen molar-refractivity contribution in [3.63, 3.8) is 0 Å². The molecule has 6 heteroatoms. The standard InChI is InChI=1S/C16H19ClN2O3/c1-9-14(11(3)22-19-9)16(20)18-10(2)15(21-4)12-5-7-13(17)8-6-12/h5-8,10,15H,1-4H3,(H,18,20)/t10-,15+/m0/s1. The SMILES string of the molecule is CO[C@@H](c1ccc(Cl)cc1)[C@H](C)NC(=O)c1c(C)noc1C. The minimum Gasteiger partial charge on any atom is -0.375 e. The Morgan fingerprint density at radius 2 is 1.95 bits per heavy atom. The number of ether oxygens (including phenoxy) is 1. The van der Waals surface area contributed by atoms with Crippen LogP contribution in [0, 0.1) is 13.8 Å². The van der Waals surface area contributed by atoms with E-state index in [1.165, 1.54) is 0 Å². The smallest absolute Gasteiger partial charge is 0.257 e. The number of benzene rings is 1. The Kier molecular flexibility index (Phi) is 5.21. The summed E-state index contributed by atoms with van der Waals surface area (Å²) in [4.78, 5) is 12.4. The van der Waals surface area contributed by atoms with Gasteiger partial charge in [-0.2, -0.15) is 0 Å². The quantitative estimate of drug-likeness (QED) is 0.915. The van der Waals surface area contributed by atoms with Gasteiger partial charge in [0.1, 0.15) is 17.4 Å².